The van der Waals surface area contributed by atoms with Crippen LogP contribution in [0.4, 0.5) is 0 Å². The summed E-state index contributed by atoms with van der Waals surface area (Å²) in [6.07, 6.45) is 5.62. The second kappa shape index (κ2) is 7.70. The zero-order valence-electron chi connectivity index (χ0n) is 11.9. The highest BCUT2D eigenvalue weighted by atomic mass is 32.2. The molecule has 1 aliphatic heterocycles. The lowest BCUT2D eigenvalue weighted by Crippen LogP contribution is -2.64. The number of hydrogen-bond acceptors (Lipinski definition) is 4. The molecule has 106 valence electrons. The summed E-state index contributed by atoms with van der Waals surface area (Å²) < 4.78 is 17.6. The molecule has 0 saturated carbocycles. The summed E-state index contributed by atoms with van der Waals surface area (Å²) in [6.45, 7) is 3.73. The van der Waals surface area contributed by atoms with Gasteiger partial charge in [0.15, 0.2) is 0 Å². The van der Waals surface area contributed by atoms with E-state index in [-0.39, 0.29) is 5.22 Å². The van der Waals surface area contributed by atoms with Gasteiger partial charge in [-0.25, -0.2) is 0 Å². The van der Waals surface area contributed by atoms with Gasteiger partial charge >= 0.3 is 8.56 Å². The standard InChI is InChI=1S/C13H26O3SSi/c1-5-17-11-8-10-13(14-2)9-6-7-12-18(13,15-3)16-4/h5H,1,6-12H2,2-4H3. The normalized spacial score (nSPS) is 27.1. The Kier molecular flexibility index (Phi) is 6.95. The van der Waals surface area contributed by atoms with Crippen molar-refractivity contribution in [1.82, 2.24) is 0 Å². The summed E-state index contributed by atoms with van der Waals surface area (Å²) in [4.78, 5) is 0. The lowest BCUT2D eigenvalue weighted by Gasteiger charge is -2.48. The summed E-state index contributed by atoms with van der Waals surface area (Å²) in [5.74, 6) is 1.09. The van der Waals surface area contributed by atoms with Crippen LogP contribution in [0, 0.1) is 0 Å². The highest BCUT2D eigenvalue weighted by Crippen LogP contribution is 2.42. The fraction of sp³-hybridized carbons (Fsp3) is 0.846. The van der Waals surface area contributed by atoms with Gasteiger partial charge in [-0.1, -0.05) is 19.4 Å². The maximum absolute atomic E-state index is 5.93. The summed E-state index contributed by atoms with van der Waals surface area (Å²) >= 11 is 1.76. The average Bonchev–Trinajstić information content (AvgIpc) is 2.44. The van der Waals surface area contributed by atoms with Crippen LogP contribution in [-0.2, 0) is 13.6 Å². The van der Waals surface area contributed by atoms with Crippen LogP contribution in [0.1, 0.15) is 32.1 Å². The minimum Gasteiger partial charge on any atom is -0.396 e. The van der Waals surface area contributed by atoms with Gasteiger partial charge in [0.2, 0.25) is 0 Å². The molecule has 1 aliphatic rings. The van der Waals surface area contributed by atoms with Gasteiger partial charge in [0, 0.05) is 21.3 Å². The summed E-state index contributed by atoms with van der Waals surface area (Å²) in [7, 11) is 3.15. The molecule has 0 aromatic rings. The predicted molar refractivity (Wildman–Crippen MR) is 80.1 cm³/mol. The molecule has 1 atom stereocenters. The van der Waals surface area contributed by atoms with E-state index in [0.29, 0.717) is 0 Å². The minimum absolute atomic E-state index is 0.170. The molecule has 3 nitrogen and oxygen atoms in total. The summed E-state index contributed by atoms with van der Waals surface area (Å²) in [6, 6.07) is 1.04. The molecule has 0 radical (unpaired) electrons. The summed E-state index contributed by atoms with van der Waals surface area (Å²) in [5, 5.41) is 1.73. The molecule has 0 aromatic carbocycles. The van der Waals surface area contributed by atoms with Crippen LogP contribution in [0.15, 0.2) is 12.0 Å². The van der Waals surface area contributed by atoms with Gasteiger partial charge < -0.3 is 13.6 Å². The van der Waals surface area contributed by atoms with Crippen molar-refractivity contribution >= 4 is 20.3 Å². The van der Waals surface area contributed by atoms with Gasteiger partial charge in [-0.3, -0.25) is 0 Å². The third-order valence-corrected chi connectivity index (χ3v) is 9.22. The molecule has 0 N–H and O–H groups in total. The number of hydrogen-bond donors (Lipinski definition) is 0. The summed E-state index contributed by atoms with van der Waals surface area (Å²) in [5.41, 5.74) is 0. The van der Waals surface area contributed by atoms with E-state index in [9.17, 15) is 0 Å². The smallest absolute Gasteiger partial charge is 0.370 e. The van der Waals surface area contributed by atoms with Crippen molar-refractivity contribution < 1.29 is 13.6 Å². The Morgan fingerprint density at radius 2 is 2.00 bits per heavy atom. The van der Waals surface area contributed by atoms with Gasteiger partial charge in [-0.05, 0) is 36.5 Å². The van der Waals surface area contributed by atoms with Crippen LogP contribution < -0.4 is 0 Å². The molecule has 1 rings (SSSR count). The molecule has 1 saturated heterocycles. The molecule has 18 heavy (non-hydrogen) atoms. The topological polar surface area (TPSA) is 27.7 Å². The first-order valence-corrected chi connectivity index (χ1v) is 9.65. The van der Waals surface area contributed by atoms with E-state index in [1.54, 1.807) is 26.0 Å². The quantitative estimate of drug-likeness (QED) is 0.505. The molecule has 0 aliphatic carbocycles. The van der Waals surface area contributed by atoms with Crippen molar-refractivity contribution in [3.05, 3.63) is 12.0 Å². The Morgan fingerprint density at radius 1 is 1.28 bits per heavy atom. The largest absolute Gasteiger partial charge is 0.396 e. The van der Waals surface area contributed by atoms with Crippen LogP contribution in [0.25, 0.3) is 0 Å². The predicted octanol–water partition coefficient (Wildman–Crippen LogP) is 3.49. The van der Waals surface area contributed by atoms with Crippen LogP contribution in [0.2, 0.25) is 6.04 Å². The van der Waals surface area contributed by atoms with Crippen molar-refractivity contribution in [3.8, 4) is 0 Å². The molecule has 1 fully saturated rings. The van der Waals surface area contributed by atoms with Gasteiger partial charge in [0.1, 0.15) is 5.22 Å². The van der Waals surface area contributed by atoms with Gasteiger partial charge in [0.25, 0.3) is 0 Å². The molecule has 0 amide bonds. The van der Waals surface area contributed by atoms with Crippen LogP contribution in [0.5, 0.6) is 0 Å². The highest BCUT2D eigenvalue weighted by Gasteiger charge is 2.58. The number of thioether (sulfide) groups is 1. The zero-order valence-corrected chi connectivity index (χ0v) is 13.7. The van der Waals surface area contributed by atoms with Crippen LogP contribution in [0.3, 0.4) is 0 Å². The second-order valence-electron chi connectivity index (χ2n) is 4.71. The SMILES string of the molecule is C=CSCCCC1(OC)CCCC[Si]1(OC)OC. The second-order valence-corrected chi connectivity index (χ2v) is 9.52. The maximum atomic E-state index is 5.93. The number of rotatable bonds is 8. The van der Waals surface area contributed by atoms with Crippen molar-refractivity contribution in [2.75, 3.05) is 27.1 Å². The van der Waals surface area contributed by atoms with Crippen molar-refractivity contribution in [3.63, 3.8) is 0 Å². The van der Waals surface area contributed by atoms with Gasteiger partial charge in [-0.2, -0.15) is 0 Å². The van der Waals surface area contributed by atoms with Crippen molar-refractivity contribution in [2.24, 2.45) is 0 Å². The fourth-order valence-electron chi connectivity index (χ4n) is 3.05. The molecule has 1 heterocycles. The Bertz CT molecular complexity index is 259. The Balaban J connectivity index is 2.75. The maximum Gasteiger partial charge on any atom is 0.370 e. The van der Waals surface area contributed by atoms with Crippen LogP contribution >= 0.6 is 11.8 Å². The average molecular weight is 291 g/mol. The molecule has 0 aromatic heterocycles. The molecular weight excluding hydrogens is 264 g/mol. The van der Waals surface area contributed by atoms with E-state index in [2.05, 4.69) is 6.58 Å². The minimum atomic E-state index is -2.23. The third-order valence-electron chi connectivity index (χ3n) is 4.04. The number of ether oxygens (including phenoxy) is 1. The first-order chi connectivity index (χ1) is 8.70. The first kappa shape index (κ1) is 16.2. The Hall–Kier alpha value is 0.187. The monoisotopic (exact) mass is 290 g/mol. The first-order valence-electron chi connectivity index (χ1n) is 6.58. The van der Waals surface area contributed by atoms with E-state index in [0.717, 1.165) is 31.1 Å². The molecular formula is C13H26O3SSi. The van der Waals surface area contributed by atoms with E-state index in [4.69, 9.17) is 13.6 Å². The van der Waals surface area contributed by atoms with E-state index in [1.165, 1.54) is 12.8 Å². The van der Waals surface area contributed by atoms with Gasteiger partial charge in [0.05, 0.1) is 0 Å². The molecule has 0 bridgehead atoms. The molecule has 0 spiro atoms. The third kappa shape index (κ3) is 3.19. The van der Waals surface area contributed by atoms with Gasteiger partial charge in [-0.15, -0.1) is 11.8 Å². The lowest BCUT2D eigenvalue weighted by molar-refractivity contribution is -0.0147. The lowest BCUT2D eigenvalue weighted by atomic mass is 10.1. The van der Waals surface area contributed by atoms with E-state index < -0.39 is 8.56 Å². The van der Waals surface area contributed by atoms with Crippen LogP contribution in [-0.4, -0.2) is 40.9 Å². The van der Waals surface area contributed by atoms with Crippen molar-refractivity contribution in [1.29, 1.82) is 0 Å². The number of methoxy groups -OCH3 is 1. The highest BCUT2D eigenvalue weighted by molar-refractivity contribution is 8.02. The Labute approximate surface area is 117 Å². The molecule has 1 unspecified atom stereocenters. The molecule has 5 heteroatoms. The fourth-order valence-corrected chi connectivity index (χ4v) is 7.44. The van der Waals surface area contributed by atoms with E-state index >= 15 is 0 Å². The Morgan fingerprint density at radius 3 is 2.56 bits per heavy atom. The van der Waals surface area contributed by atoms with Crippen molar-refractivity contribution in [2.45, 2.75) is 43.4 Å². The van der Waals surface area contributed by atoms with E-state index in [1.807, 2.05) is 12.5 Å². The zero-order chi connectivity index (χ0) is 13.5.